The van der Waals surface area contributed by atoms with Crippen molar-refractivity contribution in [1.82, 2.24) is 0 Å². The predicted octanol–water partition coefficient (Wildman–Crippen LogP) is 1.34. The van der Waals surface area contributed by atoms with Crippen molar-refractivity contribution in [1.29, 1.82) is 0 Å². The minimum Gasteiger partial charge on any atom is -0.377 e. The molecule has 1 aliphatic carbocycles. The van der Waals surface area contributed by atoms with Crippen LogP contribution in [0, 0.1) is 0 Å². The van der Waals surface area contributed by atoms with Crippen molar-refractivity contribution in [3.63, 3.8) is 0 Å². The monoisotopic (exact) mass is 180 g/mol. The van der Waals surface area contributed by atoms with Crippen LogP contribution in [-0.2, 0) is 13.6 Å². The van der Waals surface area contributed by atoms with Crippen LogP contribution in [0.4, 0.5) is 0 Å². The summed E-state index contributed by atoms with van der Waals surface area (Å²) in [5.41, 5.74) is 0. The van der Waals surface area contributed by atoms with E-state index in [-0.39, 0.29) is 0 Å². The second-order valence-corrected chi connectivity index (χ2v) is 5.26. The molecule has 0 unspecified atom stereocenters. The largest absolute Gasteiger partial charge is 0.377 e. The molecule has 0 heterocycles. The zero-order valence-corrected chi connectivity index (χ0v) is 7.63. The first kappa shape index (κ1) is 9.20. The molecule has 1 fully saturated rings. The summed E-state index contributed by atoms with van der Waals surface area (Å²) < 4.78 is 20.9. The zero-order chi connectivity index (χ0) is 8.54. The number of rotatable bonds is 3. The Kier molecular flexibility index (Phi) is 2.40. The molecule has 0 radical (unpaired) electrons. The topological polar surface area (TPSA) is 55.8 Å². The molecule has 11 heavy (non-hydrogen) atoms. The molecule has 0 aromatic heterocycles. The van der Waals surface area contributed by atoms with E-state index in [0.29, 0.717) is 12.8 Å². The fourth-order valence-electron chi connectivity index (χ4n) is 1.18. The number of hydrogen-bond acceptors (Lipinski definition) is 4. The Morgan fingerprint density at radius 2 is 1.82 bits per heavy atom. The molecule has 1 saturated carbocycles. The quantitative estimate of drug-likeness (QED) is 0.666. The maximum Gasteiger partial charge on any atom is 0.361 e. The van der Waals surface area contributed by atoms with E-state index < -0.39 is 12.9 Å². The number of aliphatic hydroxyl groups is 1. The Morgan fingerprint density at radius 1 is 1.36 bits per heavy atom. The highest BCUT2D eigenvalue weighted by Crippen LogP contribution is 2.65. The van der Waals surface area contributed by atoms with Gasteiger partial charge in [-0.2, -0.15) is 0 Å². The van der Waals surface area contributed by atoms with Gasteiger partial charge in [0.1, 0.15) is 0 Å². The Morgan fingerprint density at radius 3 is 1.91 bits per heavy atom. The third kappa shape index (κ3) is 1.25. The molecule has 0 amide bonds. The van der Waals surface area contributed by atoms with Crippen LogP contribution in [0.1, 0.15) is 19.3 Å². The van der Waals surface area contributed by atoms with E-state index in [9.17, 15) is 9.67 Å². The lowest BCUT2D eigenvalue weighted by Crippen LogP contribution is -2.37. The van der Waals surface area contributed by atoms with Gasteiger partial charge in [0.2, 0.25) is 0 Å². The maximum atomic E-state index is 11.6. The van der Waals surface area contributed by atoms with E-state index in [4.69, 9.17) is 0 Å². The lowest BCUT2D eigenvalue weighted by Gasteiger charge is -2.39. The molecular weight excluding hydrogens is 167 g/mol. The van der Waals surface area contributed by atoms with Crippen molar-refractivity contribution in [2.45, 2.75) is 24.6 Å². The van der Waals surface area contributed by atoms with Crippen molar-refractivity contribution >= 4 is 7.60 Å². The molecule has 0 spiro atoms. The maximum absolute atomic E-state index is 11.6. The van der Waals surface area contributed by atoms with E-state index in [2.05, 4.69) is 9.05 Å². The molecule has 1 N–H and O–H groups in total. The van der Waals surface area contributed by atoms with Crippen LogP contribution in [0.25, 0.3) is 0 Å². The minimum absolute atomic E-state index is 0.506. The van der Waals surface area contributed by atoms with Gasteiger partial charge in [-0.05, 0) is 19.3 Å². The van der Waals surface area contributed by atoms with Gasteiger partial charge in [-0.3, -0.25) is 4.57 Å². The first-order valence-electron chi connectivity index (χ1n) is 3.52. The average molecular weight is 180 g/mol. The molecule has 0 aliphatic heterocycles. The van der Waals surface area contributed by atoms with Crippen LogP contribution >= 0.6 is 7.60 Å². The van der Waals surface area contributed by atoms with E-state index in [1.165, 1.54) is 14.2 Å². The van der Waals surface area contributed by atoms with E-state index in [1.54, 1.807) is 0 Å². The van der Waals surface area contributed by atoms with E-state index in [1.807, 2.05) is 0 Å². The van der Waals surface area contributed by atoms with Crippen LogP contribution in [0.2, 0.25) is 0 Å². The molecule has 1 rings (SSSR count). The summed E-state index contributed by atoms with van der Waals surface area (Å²) in [6.07, 6.45) is 1.89. The molecule has 4 nitrogen and oxygen atoms in total. The van der Waals surface area contributed by atoms with Crippen LogP contribution in [0.3, 0.4) is 0 Å². The van der Waals surface area contributed by atoms with Gasteiger partial charge in [-0.1, -0.05) is 0 Å². The fraction of sp³-hybridized carbons (Fsp3) is 1.00. The lowest BCUT2D eigenvalue weighted by molar-refractivity contribution is 0.0137. The summed E-state index contributed by atoms with van der Waals surface area (Å²) >= 11 is 0. The molecule has 1 aliphatic rings. The Bertz CT molecular complexity index is 179. The van der Waals surface area contributed by atoms with Crippen molar-refractivity contribution in [3.8, 4) is 0 Å². The van der Waals surface area contributed by atoms with Gasteiger partial charge < -0.3 is 14.2 Å². The molecule has 0 atom stereocenters. The predicted molar refractivity (Wildman–Crippen MR) is 40.4 cm³/mol. The highest BCUT2D eigenvalue weighted by Gasteiger charge is 2.52. The van der Waals surface area contributed by atoms with Crippen LogP contribution in [0.15, 0.2) is 0 Å². The second-order valence-electron chi connectivity index (χ2n) is 2.70. The first-order chi connectivity index (χ1) is 5.08. The van der Waals surface area contributed by atoms with Gasteiger partial charge in [-0.25, -0.2) is 0 Å². The van der Waals surface area contributed by atoms with Gasteiger partial charge in [0, 0.05) is 14.2 Å². The summed E-state index contributed by atoms with van der Waals surface area (Å²) in [5, 5.41) is 8.40. The molecule has 5 heteroatoms. The third-order valence-electron chi connectivity index (χ3n) is 2.14. The zero-order valence-electron chi connectivity index (χ0n) is 6.74. The molecule has 66 valence electrons. The minimum atomic E-state index is -3.24. The fourth-order valence-corrected chi connectivity index (χ4v) is 2.87. The van der Waals surface area contributed by atoms with Crippen LogP contribution < -0.4 is 0 Å². The van der Waals surface area contributed by atoms with Crippen LogP contribution in [-0.4, -0.2) is 24.7 Å². The molecule has 0 aromatic rings. The van der Waals surface area contributed by atoms with E-state index in [0.717, 1.165) is 6.42 Å². The molecule has 0 saturated heterocycles. The SMILES string of the molecule is COP(=O)(OC)C1(O)CCC1. The van der Waals surface area contributed by atoms with Gasteiger partial charge in [0.15, 0.2) is 5.34 Å². The molecule has 0 aromatic carbocycles. The van der Waals surface area contributed by atoms with Gasteiger partial charge in [0.25, 0.3) is 0 Å². The normalized spacial score (nSPS) is 22.8. The van der Waals surface area contributed by atoms with Crippen molar-refractivity contribution in [2.24, 2.45) is 0 Å². The van der Waals surface area contributed by atoms with Crippen molar-refractivity contribution < 1.29 is 18.7 Å². The Balaban J connectivity index is 2.76. The van der Waals surface area contributed by atoms with Gasteiger partial charge in [-0.15, -0.1) is 0 Å². The lowest BCUT2D eigenvalue weighted by atomic mass is 9.95. The number of hydrogen-bond donors (Lipinski definition) is 1. The summed E-state index contributed by atoms with van der Waals surface area (Å²) in [4.78, 5) is 0. The summed E-state index contributed by atoms with van der Waals surface area (Å²) in [6.45, 7) is 0. The third-order valence-corrected chi connectivity index (χ3v) is 4.57. The summed E-state index contributed by atoms with van der Waals surface area (Å²) in [6, 6.07) is 0. The van der Waals surface area contributed by atoms with Gasteiger partial charge in [0.05, 0.1) is 0 Å². The van der Waals surface area contributed by atoms with Crippen molar-refractivity contribution in [3.05, 3.63) is 0 Å². The first-order valence-corrected chi connectivity index (χ1v) is 5.06. The summed E-state index contributed by atoms with van der Waals surface area (Å²) in [7, 11) is -0.657. The Hall–Kier alpha value is 0.110. The van der Waals surface area contributed by atoms with Crippen molar-refractivity contribution in [2.75, 3.05) is 14.2 Å². The highest BCUT2D eigenvalue weighted by atomic mass is 31.2. The van der Waals surface area contributed by atoms with Crippen LogP contribution in [0.5, 0.6) is 0 Å². The summed E-state index contributed by atoms with van der Waals surface area (Å²) in [5.74, 6) is 0. The molecular formula is C6H13O4P. The van der Waals surface area contributed by atoms with Gasteiger partial charge >= 0.3 is 7.60 Å². The smallest absolute Gasteiger partial charge is 0.361 e. The second kappa shape index (κ2) is 2.87. The average Bonchev–Trinajstić information content (AvgIpc) is 1.98. The molecule has 0 bridgehead atoms. The van der Waals surface area contributed by atoms with E-state index >= 15 is 0 Å². The standard InChI is InChI=1S/C6H13O4P/c1-9-11(8,10-2)6(7)4-3-5-6/h7H,3-5H2,1-2H3. The highest BCUT2D eigenvalue weighted by molar-refractivity contribution is 7.55. The Labute approximate surface area is 66.0 Å².